The maximum absolute atomic E-state index is 5.65. The molecule has 0 amide bonds. The molecule has 5 heteroatoms. The van der Waals surface area contributed by atoms with E-state index in [1.807, 2.05) is 18.2 Å². The van der Waals surface area contributed by atoms with Gasteiger partial charge in [-0.25, -0.2) is 0 Å². The third-order valence-electron chi connectivity index (χ3n) is 4.08. The van der Waals surface area contributed by atoms with Crippen LogP contribution in [0.25, 0.3) is 0 Å². The molecule has 0 saturated heterocycles. The van der Waals surface area contributed by atoms with Crippen LogP contribution in [0.3, 0.4) is 0 Å². The summed E-state index contributed by atoms with van der Waals surface area (Å²) in [5.41, 5.74) is 4.97. The van der Waals surface area contributed by atoms with Gasteiger partial charge >= 0.3 is 0 Å². The summed E-state index contributed by atoms with van der Waals surface area (Å²) in [5.74, 6) is 1.62. The van der Waals surface area contributed by atoms with Gasteiger partial charge in [-0.3, -0.25) is 4.99 Å². The van der Waals surface area contributed by atoms with Crippen LogP contribution in [0, 0.1) is 13.8 Å². The van der Waals surface area contributed by atoms with Gasteiger partial charge in [-0.2, -0.15) is 0 Å². The second kappa shape index (κ2) is 10.5. The Balaban J connectivity index is 1.85. The van der Waals surface area contributed by atoms with Gasteiger partial charge in [0.2, 0.25) is 0 Å². The molecule has 140 valence electrons. The van der Waals surface area contributed by atoms with Crippen LogP contribution >= 0.6 is 0 Å². The standard InChI is InChI=1S/C21H29N3O2/c1-16-8-9-19(17(2)12-16)15-24-21(22-3)23-14-18-6-5-7-20(13-18)26-11-10-25-4/h5-9,12-13H,10-11,14-15H2,1-4H3,(H2,22,23,24). The van der Waals surface area contributed by atoms with E-state index in [9.17, 15) is 0 Å². The molecule has 0 heterocycles. The Bertz CT molecular complexity index is 729. The molecule has 0 aliphatic rings. The topological polar surface area (TPSA) is 54.9 Å². The molecule has 0 fully saturated rings. The molecule has 0 atom stereocenters. The van der Waals surface area contributed by atoms with Gasteiger partial charge in [0, 0.05) is 27.2 Å². The maximum atomic E-state index is 5.65. The molecule has 0 saturated carbocycles. The number of guanidine groups is 1. The Morgan fingerprint density at radius 3 is 2.54 bits per heavy atom. The van der Waals surface area contributed by atoms with E-state index >= 15 is 0 Å². The summed E-state index contributed by atoms with van der Waals surface area (Å²) in [6.07, 6.45) is 0. The summed E-state index contributed by atoms with van der Waals surface area (Å²) in [4.78, 5) is 4.30. The fraction of sp³-hybridized carbons (Fsp3) is 0.381. The summed E-state index contributed by atoms with van der Waals surface area (Å²) >= 11 is 0. The highest BCUT2D eigenvalue weighted by atomic mass is 16.5. The number of aryl methyl sites for hydroxylation is 2. The first-order valence-electron chi connectivity index (χ1n) is 8.83. The average molecular weight is 355 g/mol. The Hall–Kier alpha value is -2.53. The van der Waals surface area contributed by atoms with Crippen molar-refractivity contribution in [2.24, 2.45) is 4.99 Å². The van der Waals surface area contributed by atoms with Gasteiger partial charge < -0.3 is 20.1 Å². The fourth-order valence-corrected chi connectivity index (χ4v) is 2.62. The first kappa shape index (κ1) is 19.8. The molecular weight excluding hydrogens is 326 g/mol. The molecule has 0 aromatic heterocycles. The number of nitrogens with one attached hydrogen (secondary N) is 2. The highest BCUT2D eigenvalue weighted by Crippen LogP contribution is 2.13. The summed E-state index contributed by atoms with van der Waals surface area (Å²) in [7, 11) is 3.45. The predicted molar refractivity (Wildman–Crippen MR) is 107 cm³/mol. The SMILES string of the molecule is CN=C(NCc1cccc(OCCOC)c1)NCc1ccc(C)cc1C. The van der Waals surface area contributed by atoms with Crippen molar-refractivity contribution in [3.8, 4) is 5.75 Å². The zero-order valence-electron chi connectivity index (χ0n) is 16.1. The van der Waals surface area contributed by atoms with Gasteiger partial charge in [0.15, 0.2) is 5.96 Å². The minimum absolute atomic E-state index is 0.548. The molecule has 5 nitrogen and oxygen atoms in total. The monoisotopic (exact) mass is 355 g/mol. The van der Waals surface area contributed by atoms with E-state index in [4.69, 9.17) is 9.47 Å². The molecule has 2 rings (SSSR count). The van der Waals surface area contributed by atoms with Gasteiger partial charge in [-0.1, -0.05) is 35.9 Å². The quantitative estimate of drug-likeness (QED) is 0.434. The fourth-order valence-electron chi connectivity index (χ4n) is 2.62. The summed E-state index contributed by atoms with van der Waals surface area (Å²) in [6, 6.07) is 14.5. The Morgan fingerprint density at radius 1 is 1.00 bits per heavy atom. The van der Waals surface area contributed by atoms with Gasteiger partial charge in [0.25, 0.3) is 0 Å². The number of rotatable bonds is 8. The lowest BCUT2D eigenvalue weighted by Gasteiger charge is -2.14. The Morgan fingerprint density at radius 2 is 1.81 bits per heavy atom. The number of aliphatic imine (C=N–C) groups is 1. The first-order chi connectivity index (χ1) is 12.6. The van der Waals surface area contributed by atoms with Crippen LogP contribution in [0.1, 0.15) is 22.3 Å². The highest BCUT2D eigenvalue weighted by Gasteiger charge is 2.03. The van der Waals surface area contributed by atoms with Gasteiger partial charge in [-0.05, 0) is 42.7 Å². The lowest BCUT2D eigenvalue weighted by Crippen LogP contribution is -2.36. The van der Waals surface area contributed by atoms with E-state index in [0.29, 0.717) is 19.8 Å². The number of hydrogen-bond donors (Lipinski definition) is 2. The van der Waals surface area contributed by atoms with Crippen molar-refractivity contribution in [1.82, 2.24) is 10.6 Å². The smallest absolute Gasteiger partial charge is 0.191 e. The Kier molecular flexibility index (Phi) is 7.96. The number of ether oxygens (including phenoxy) is 2. The number of benzene rings is 2. The average Bonchev–Trinajstić information content (AvgIpc) is 2.64. The number of methoxy groups -OCH3 is 1. The van der Waals surface area contributed by atoms with E-state index in [0.717, 1.165) is 23.8 Å². The number of nitrogens with zero attached hydrogens (tertiary/aromatic N) is 1. The predicted octanol–water partition coefficient (Wildman–Crippen LogP) is 3.19. The zero-order valence-corrected chi connectivity index (χ0v) is 16.1. The normalized spacial score (nSPS) is 11.3. The third-order valence-corrected chi connectivity index (χ3v) is 4.08. The van der Waals surface area contributed by atoms with E-state index in [1.54, 1.807) is 14.2 Å². The minimum atomic E-state index is 0.548. The van der Waals surface area contributed by atoms with Crippen LogP contribution in [0.15, 0.2) is 47.5 Å². The molecule has 0 spiro atoms. The summed E-state index contributed by atoms with van der Waals surface area (Å²) in [5, 5.41) is 6.70. The van der Waals surface area contributed by atoms with Gasteiger partial charge in [-0.15, -0.1) is 0 Å². The van der Waals surface area contributed by atoms with Crippen molar-refractivity contribution in [3.05, 3.63) is 64.7 Å². The molecule has 0 unspecified atom stereocenters. The molecular formula is C21H29N3O2. The lowest BCUT2D eigenvalue weighted by molar-refractivity contribution is 0.146. The zero-order chi connectivity index (χ0) is 18.8. The molecule has 0 radical (unpaired) electrons. The molecule has 0 bridgehead atoms. The minimum Gasteiger partial charge on any atom is -0.491 e. The lowest BCUT2D eigenvalue weighted by atomic mass is 10.1. The van der Waals surface area contributed by atoms with Crippen molar-refractivity contribution in [1.29, 1.82) is 0 Å². The highest BCUT2D eigenvalue weighted by molar-refractivity contribution is 5.79. The van der Waals surface area contributed by atoms with Crippen molar-refractivity contribution in [2.75, 3.05) is 27.4 Å². The van der Waals surface area contributed by atoms with Crippen molar-refractivity contribution < 1.29 is 9.47 Å². The number of hydrogen-bond acceptors (Lipinski definition) is 3. The van der Waals surface area contributed by atoms with E-state index < -0.39 is 0 Å². The van der Waals surface area contributed by atoms with Crippen molar-refractivity contribution in [2.45, 2.75) is 26.9 Å². The molecule has 2 N–H and O–H groups in total. The van der Waals surface area contributed by atoms with Crippen LogP contribution in [-0.2, 0) is 17.8 Å². The Labute approximate surface area is 156 Å². The van der Waals surface area contributed by atoms with E-state index in [1.165, 1.54) is 16.7 Å². The molecule has 2 aromatic carbocycles. The second-order valence-electron chi connectivity index (χ2n) is 6.20. The largest absolute Gasteiger partial charge is 0.491 e. The first-order valence-corrected chi connectivity index (χ1v) is 8.83. The second-order valence-corrected chi connectivity index (χ2v) is 6.20. The van der Waals surface area contributed by atoms with E-state index in [2.05, 4.69) is 53.7 Å². The van der Waals surface area contributed by atoms with Crippen LogP contribution in [0.5, 0.6) is 5.75 Å². The summed E-state index contributed by atoms with van der Waals surface area (Å²) in [6.45, 7) is 6.79. The molecule has 2 aromatic rings. The summed E-state index contributed by atoms with van der Waals surface area (Å²) < 4.78 is 10.7. The van der Waals surface area contributed by atoms with Crippen molar-refractivity contribution in [3.63, 3.8) is 0 Å². The third kappa shape index (κ3) is 6.41. The van der Waals surface area contributed by atoms with Crippen LogP contribution in [-0.4, -0.2) is 33.3 Å². The van der Waals surface area contributed by atoms with E-state index in [-0.39, 0.29) is 0 Å². The maximum Gasteiger partial charge on any atom is 0.191 e. The van der Waals surface area contributed by atoms with Crippen LogP contribution in [0.4, 0.5) is 0 Å². The molecule has 0 aliphatic heterocycles. The van der Waals surface area contributed by atoms with Crippen LogP contribution in [0.2, 0.25) is 0 Å². The van der Waals surface area contributed by atoms with Gasteiger partial charge in [0.05, 0.1) is 6.61 Å². The van der Waals surface area contributed by atoms with Crippen LogP contribution < -0.4 is 15.4 Å². The molecule has 0 aliphatic carbocycles. The van der Waals surface area contributed by atoms with Gasteiger partial charge in [0.1, 0.15) is 12.4 Å². The molecule has 26 heavy (non-hydrogen) atoms. The van der Waals surface area contributed by atoms with Crippen molar-refractivity contribution >= 4 is 5.96 Å².